The highest BCUT2D eigenvalue weighted by molar-refractivity contribution is 7.12. The van der Waals surface area contributed by atoms with Crippen molar-refractivity contribution in [2.75, 3.05) is 6.61 Å². The van der Waals surface area contributed by atoms with Crippen LogP contribution in [0.25, 0.3) is 11.8 Å². The molecule has 0 radical (unpaired) electrons. The molecule has 0 aliphatic rings. The van der Waals surface area contributed by atoms with E-state index in [9.17, 15) is 9.59 Å². The van der Waals surface area contributed by atoms with E-state index < -0.39 is 5.97 Å². The largest absolute Gasteiger partial charge is 0.453 e. The van der Waals surface area contributed by atoms with Gasteiger partial charge in [-0.3, -0.25) is 4.79 Å². The molecular formula is C17H14N4O3S. The van der Waals surface area contributed by atoms with E-state index in [0.717, 1.165) is 5.56 Å². The molecule has 126 valence electrons. The molecule has 3 aromatic rings. The van der Waals surface area contributed by atoms with Crippen LogP contribution < -0.4 is 0 Å². The molecule has 25 heavy (non-hydrogen) atoms. The number of thiophene rings is 1. The number of benzene rings is 1. The monoisotopic (exact) mass is 354 g/mol. The normalized spacial score (nSPS) is 11.3. The number of aromatic nitrogens is 4. The highest BCUT2D eigenvalue weighted by atomic mass is 32.1. The predicted molar refractivity (Wildman–Crippen MR) is 92.8 cm³/mol. The van der Waals surface area contributed by atoms with Gasteiger partial charge in [-0.1, -0.05) is 36.4 Å². The van der Waals surface area contributed by atoms with Gasteiger partial charge in [0.2, 0.25) is 5.78 Å². The van der Waals surface area contributed by atoms with Gasteiger partial charge in [0.15, 0.2) is 18.1 Å². The molecule has 7 nitrogen and oxygen atoms in total. The molecule has 2 heterocycles. The third-order valence-corrected chi connectivity index (χ3v) is 4.21. The molecule has 0 bridgehead atoms. The number of ether oxygens (including phenoxy) is 1. The zero-order chi connectivity index (χ0) is 17.6. The van der Waals surface area contributed by atoms with Crippen LogP contribution in [0.3, 0.4) is 0 Å². The highest BCUT2D eigenvalue weighted by Crippen LogP contribution is 2.15. The van der Waals surface area contributed by atoms with E-state index in [0.29, 0.717) is 10.7 Å². The van der Waals surface area contributed by atoms with Crippen molar-refractivity contribution in [2.45, 2.75) is 6.92 Å². The number of rotatable bonds is 6. The first-order chi connectivity index (χ1) is 12.1. The molecule has 0 saturated heterocycles. The lowest BCUT2D eigenvalue weighted by molar-refractivity contribution is -0.136. The summed E-state index contributed by atoms with van der Waals surface area (Å²) in [6.45, 7) is 1.33. The maximum atomic E-state index is 12.5. The van der Waals surface area contributed by atoms with Crippen molar-refractivity contribution in [3.63, 3.8) is 0 Å². The van der Waals surface area contributed by atoms with Crippen LogP contribution in [0.5, 0.6) is 0 Å². The van der Waals surface area contributed by atoms with Crippen molar-refractivity contribution in [2.24, 2.45) is 0 Å². The molecule has 0 spiro atoms. The molecule has 0 N–H and O–H groups in total. The number of aryl methyl sites for hydroxylation is 1. The van der Waals surface area contributed by atoms with Crippen LogP contribution in [-0.4, -0.2) is 38.6 Å². The first-order valence-corrected chi connectivity index (χ1v) is 8.29. The smallest absolute Gasteiger partial charge is 0.357 e. The summed E-state index contributed by atoms with van der Waals surface area (Å²) in [7, 11) is 0. The van der Waals surface area contributed by atoms with Crippen molar-refractivity contribution < 1.29 is 14.3 Å². The first kappa shape index (κ1) is 16.7. The van der Waals surface area contributed by atoms with Crippen LogP contribution in [-0.2, 0) is 9.53 Å². The second-order valence-corrected chi connectivity index (χ2v) is 6.00. The Morgan fingerprint density at radius 2 is 2.00 bits per heavy atom. The zero-order valence-electron chi connectivity index (χ0n) is 13.3. The lowest BCUT2D eigenvalue weighted by atomic mass is 10.2. The topological polar surface area (TPSA) is 87.0 Å². The summed E-state index contributed by atoms with van der Waals surface area (Å²) in [4.78, 5) is 25.1. The summed E-state index contributed by atoms with van der Waals surface area (Å²) in [5.41, 5.74) is 0.918. The molecule has 2 aromatic heterocycles. The number of carbonyl (C=O) groups is 2. The Labute approximate surface area is 147 Å². The van der Waals surface area contributed by atoms with Gasteiger partial charge in [0.05, 0.1) is 4.88 Å². The number of esters is 1. The summed E-state index contributed by atoms with van der Waals surface area (Å²) in [6.07, 6.45) is 1.61. The fraction of sp³-hybridized carbons (Fsp3) is 0.118. The van der Waals surface area contributed by atoms with Gasteiger partial charge in [0.25, 0.3) is 0 Å². The summed E-state index contributed by atoms with van der Waals surface area (Å²) >= 11 is 1.30. The summed E-state index contributed by atoms with van der Waals surface area (Å²) < 4.78 is 6.46. The molecule has 8 heteroatoms. The van der Waals surface area contributed by atoms with E-state index in [1.54, 1.807) is 30.5 Å². The van der Waals surface area contributed by atoms with E-state index in [2.05, 4.69) is 15.5 Å². The average molecular weight is 354 g/mol. The molecule has 1 aromatic carbocycles. The SMILES string of the molecule is Cc1nnnn1/C(=C\c1ccccc1)C(=O)OCC(=O)c1cccs1. The van der Waals surface area contributed by atoms with E-state index in [4.69, 9.17) is 4.74 Å². The molecular weight excluding hydrogens is 340 g/mol. The Hall–Kier alpha value is -3.13. The Bertz CT molecular complexity index is 901. The third-order valence-electron chi connectivity index (χ3n) is 3.30. The van der Waals surface area contributed by atoms with Gasteiger partial charge in [-0.25, -0.2) is 4.79 Å². The van der Waals surface area contributed by atoms with Crippen molar-refractivity contribution in [3.05, 3.63) is 64.1 Å². The minimum atomic E-state index is -0.677. The number of hydrogen-bond acceptors (Lipinski definition) is 7. The van der Waals surface area contributed by atoms with E-state index in [1.165, 1.54) is 16.0 Å². The molecule has 0 amide bonds. The van der Waals surface area contributed by atoms with E-state index in [-0.39, 0.29) is 18.1 Å². The summed E-state index contributed by atoms with van der Waals surface area (Å²) in [5.74, 6) is -0.497. The predicted octanol–water partition coefficient (Wildman–Crippen LogP) is 2.47. The number of hydrogen-bond donors (Lipinski definition) is 0. The second kappa shape index (κ2) is 7.63. The molecule has 0 atom stereocenters. The quantitative estimate of drug-likeness (QED) is 0.384. The Morgan fingerprint density at radius 3 is 2.64 bits per heavy atom. The van der Waals surface area contributed by atoms with Crippen molar-refractivity contribution >= 4 is 34.9 Å². The van der Waals surface area contributed by atoms with Gasteiger partial charge in [-0.2, -0.15) is 4.68 Å². The standard InChI is InChI=1S/C17H14N4O3S/c1-12-18-19-20-21(12)14(10-13-6-3-2-4-7-13)17(23)24-11-15(22)16-8-5-9-25-16/h2-10H,11H2,1H3/b14-10-. The van der Waals surface area contributed by atoms with Crippen LogP contribution in [0.4, 0.5) is 0 Å². The fourth-order valence-corrected chi connectivity index (χ4v) is 2.73. The first-order valence-electron chi connectivity index (χ1n) is 7.41. The molecule has 0 aliphatic carbocycles. The summed E-state index contributed by atoms with van der Waals surface area (Å²) in [6, 6.07) is 12.7. The van der Waals surface area contributed by atoms with Gasteiger partial charge in [-0.15, -0.1) is 16.4 Å². The number of nitrogens with zero attached hydrogens (tertiary/aromatic N) is 4. The van der Waals surface area contributed by atoms with Crippen LogP contribution in [0, 0.1) is 6.92 Å². The molecule has 0 saturated carbocycles. The Balaban J connectivity index is 1.82. The second-order valence-electron chi connectivity index (χ2n) is 5.05. The Kier molecular flexibility index (Phi) is 5.10. The van der Waals surface area contributed by atoms with Crippen molar-refractivity contribution in [1.29, 1.82) is 0 Å². The maximum Gasteiger partial charge on any atom is 0.357 e. The van der Waals surface area contributed by atoms with Gasteiger partial charge < -0.3 is 4.74 Å². The third kappa shape index (κ3) is 4.04. The highest BCUT2D eigenvalue weighted by Gasteiger charge is 2.19. The van der Waals surface area contributed by atoms with Crippen molar-refractivity contribution in [3.8, 4) is 0 Å². The van der Waals surface area contributed by atoms with E-state index >= 15 is 0 Å². The number of ketones is 1. The number of Topliss-reactive ketones (excluding diaryl/α,β-unsaturated/α-hetero) is 1. The summed E-state index contributed by atoms with van der Waals surface area (Å²) in [5, 5.41) is 12.9. The average Bonchev–Trinajstić information content (AvgIpc) is 3.30. The molecule has 0 aliphatic heterocycles. The van der Waals surface area contributed by atoms with Crippen LogP contribution in [0.15, 0.2) is 47.8 Å². The molecule has 0 unspecified atom stereocenters. The maximum absolute atomic E-state index is 12.5. The fourth-order valence-electron chi connectivity index (χ4n) is 2.08. The van der Waals surface area contributed by atoms with Crippen molar-refractivity contribution in [1.82, 2.24) is 20.2 Å². The molecule has 3 rings (SSSR count). The van der Waals surface area contributed by atoms with E-state index in [1.807, 2.05) is 30.3 Å². The van der Waals surface area contributed by atoms with Gasteiger partial charge in [0.1, 0.15) is 0 Å². The van der Waals surface area contributed by atoms with Gasteiger partial charge in [0, 0.05) is 0 Å². The lowest BCUT2D eigenvalue weighted by Crippen LogP contribution is -2.18. The molecule has 0 fully saturated rings. The Morgan fingerprint density at radius 1 is 1.20 bits per heavy atom. The number of carbonyl (C=O) groups excluding carboxylic acids is 2. The van der Waals surface area contributed by atoms with Crippen LogP contribution in [0.2, 0.25) is 0 Å². The zero-order valence-corrected chi connectivity index (χ0v) is 14.1. The van der Waals surface area contributed by atoms with Gasteiger partial charge >= 0.3 is 5.97 Å². The van der Waals surface area contributed by atoms with Crippen LogP contribution >= 0.6 is 11.3 Å². The minimum absolute atomic E-state index is 0.132. The van der Waals surface area contributed by atoms with Gasteiger partial charge in [-0.05, 0) is 40.4 Å². The lowest BCUT2D eigenvalue weighted by Gasteiger charge is -2.08. The van der Waals surface area contributed by atoms with Crippen LogP contribution in [0.1, 0.15) is 21.1 Å². The number of tetrazole rings is 1. The minimum Gasteiger partial charge on any atom is -0.453 e.